The van der Waals surface area contributed by atoms with E-state index in [1.165, 1.54) is 5.56 Å². The second kappa shape index (κ2) is 7.12. The minimum atomic E-state index is -0.990. The van der Waals surface area contributed by atoms with Gasteiger partial charge in [-0.15, -0.1) is 0 Å². The lowest BCUT2D eigenvalue weighted by molar-refractivity contribution is 0.176. The standard InChI is InChI=1S/C19H23NO2/c1-3-19(4-2,16-13-9-6-10-14-16)17(20-18(21)22)15-11-7-5-8-12-15/h5-14,17,20H,3-4H2,1-2H3,(H,21,22)/t17-/m0/s1. The molecule has 3 nitrogen and oxygen atoms in total. The molecule has 0 aliphatic rings. The number of rotatable bonds is 6. The summed E-state index contributed by atoms with van der Waals surface area (Å²) in [5.74, 6) is 0. The van der Waals surface area contributed by atoms with Crippen molar-refractivity contribution in [3.05, 3.63) is 71.8 Å². The van der Waals surface area contributed by atoms with Crippen LogP contribution in [0.1, 0.15) is 43.9 Å². The molecule has 0 heterocycles. The zero-order chi connectivity index (χ0) is 16.0. The van der Waals surface area contributed by atoms with Gasteiger partial charge in [0.2, 0.25) is 0 Å². The third-order valence-corrected chi connectivity index (χ3v) is 4.56. The summed E-state index contributed by atoms with van der Waals surface area (Å²) in [5, 5.41) is 12.1. The molecule has 0 saturated heterocycles. The Hall–Kier alpha value is -2.29. The molecule has 0 aromatic heterocycles. The van der Waals surface area contributed by atoms with Gasteiger partial charge in [-0.25, -0.2) is 4.79 Å². The van der Waals surface area contributed by atoms with Crippen LogP contribution in [-0.4, -0.2) is 11.2 Å². The SMILES string of the molecule is CCC(CC)(c1ccccc1)[C@@H](NC(=O)O)c1ccccc1. The molecule has 0 bridgehead atoms. The lowest BCUT2D eigenvalue weighted by Crippen LogP contribution is -2.43. The Balaban J connectivity index is 2.56. The Labute approximate surface area is 132 Å². The minimum Gasteiger partial charge on any atom is -0.465 e. The topological polar surface area (TPSA) is 49.3 Å². The smallest absolute Gasteiger partial charge is 0.405 e. The zero-order valence-corrected chi connectivity index (χ0v) is 13.1. The van der Waals surface area contributed by atoms with Crippen molar-refractivity contribution in [1.82, 2.24) is 5.32 Å². The van der Waals surface area contributed by atoms with Gasteiger partial charge in [-0.05, 0) is 24.0 Å². The van der Waals surface area contributed by atoms with Crippen molar-refractivity contribution < 1.29 is 9.90 Å². The van der Waals surface area contributed by atoms with Crippen LogP contribution in [0.5, 0.6) is 0 Å². The van der Waals surface area contributed by atoms with Crippen LogP contribution >= 0.6 is 0 Å². The first-order chi connectivity index (χ1) is 10.6. The fraction of sp³-hybridized carbons (Fsp3) is 0.316. The van der Waals surface area contributed by atoms with Gasteiger partial charge in [0.05, 0.1) is 6.04 Å². The molecule has 0 saturated carbocycles. The minimum absolute atomic E-state index is 0.263. The molecule has 2 N–H and O–H groups in total. The molecular weight excluding hydrogens is 274 g/mol. The van der Waals surface area contributed by atoms with Crippen molar-refractivity contribution in [2.45, 2.75) is 38.1 Å². The summed E-state index contributed by atoms with van der Waals surface area (Å²) in [5.41, 5.74) is 1.90. The normalized spacial score (nSPS) is 12.6. The van der Waals surface area contributed by atoms with Crippen LogP contribution in [0, 0.1) is 0 Å². The summed E-state index contributed by atoms with van der Waals surface area (Å²) >= 11 is 0. The summed E-state index contributed by atoms with van der Waals surface area (Å²) in [7, 11) is 0. The van der Waals surface area contributed by atoms with Crippen LogP contribution in [0.4, 0.5) is 4.79 Å². The molecule has 0 aliphatic heterocycles. The van der Waals surface area contributed by atoms with E-state index in [1.54, 1.807) is 0 Å². The fourth-order valence-electron chi connectivity index (χ4n) is 3.31. The summed E-state index contributed by atoms with van der Waals surface area (Å²) in [4.78, 5) is 11.4. The number of carbonyl (C=O) groups is 1. The molecule has 0 radical (unpaired) electrons. The monoisotopic (exact) mass is 297 g/mol. The van der Waals surface area contributed by atoms with E-state index in [1.807, 2.05) is 48.5 Å². The van der Waals surface area contributed by atoms with E-state index in [9.17, 15) is 9.90 Å². The fourth-order valence-corrected chi connectivity index (χ4v) is 3.31. The van der Waals surface area contributed by atoms with Crippen molar-refractivity contribution in [3.63, 3.8) is 0 Å². The molecule has 2 rings (SSSR count). The molecule has 1 atom stereocenters. The first-order valence-electron chi connectivity index (χ1n) is 7.74. The zero-order valence-electron chi connectivity index (χ0n) is 13.1. The van der Waals surface area contributed by atoms with Gasteiger partial charge in [-0.3, -0.25) is 0 Å². The van der Waals surface area contributed by atoms with E-state index in [0.717, 1.165) is 18.4 Å². The molecule has 0 spiro atoms. The van der Waals surface area contributed by atoms with Gasteiger partial charge in [0, 0.05) is 5.41 Å². The summed E-state index contributed by atoms with van der Waals surface area (Å²) < 4.78 is 0. The van der Waals surface area contributed by atoms with E-state index in [4.69, 9.17) is 0 Å². The Kier molecular flexibility index (Phi) is 5.21. The van der Waals surface area contributed by atoms with E-state index < -0.39 is 6.09 Å². The highest BCUT2D eigenvalue weighted by Gasteiger charge is 2.39. The third kappa shape index (κ3) is 3.14. The second-order valence-corrected chi connectivity index (χ2v) is 5.52. The quantitative estimate of drug-likeness (QED) is 0.808. The van der Waals surface area contributed by atoms with Crippen LogP contribution in [0.25, 0.3) is 0 Å². The van der Waals surface area contributed by atoms with E-state index in [0.29, 0.717) is 0 Å². The number of nitrogens with one attached hydrogen (secondary N) is 1. The Morgan fingerprint density at radius 1 is 1.00 bits per heavy atom. The van der Waals surface area contributed by atoms with Crippen LogP contribution in [0.3, 0.4) is 0 Å². The summed E-state index contributed by atoms with van der Waals surface area (Å²) in [6, 6.07) is 19.7. The molecule has 22 heavy (non-hydrogen) atoms. The first-order valence-corrected chi connectivity index (χ1v) is 7.74. The maximum absolute atomic E-state index is 11.4. The van der Waals surface area contributed by atoms with Gasteiger partial charge in [-0.1, -0.05) is 74.5 Å². The van der Waals surface area contributed by atoms with Crippen molar-refractivity contribution in [2.24, 2.45) is 0 Å². The van der Waals surface area contributed by atoms with Gasteiger partial charge in [0.15, 0.2) is 0 Å². The first kappa shape index (κ1) is 16.1. The Morgan fingerprint density at radius 2 is 1.50 bits per heavy atom. The highest BCUT2D eigenvalue weighted by molar-refractivity contribution is 5.66. The largest absolute Gasteiger partial charge is 0.465 e. The van der Waals surface area contributed by atoms with Crippen LogP contribution in [0.2, 0.25) is 0 Å². The molecule has 2 aromatic rings. The van der Waals surface area contributed by atoms with Crippen molar-refractivity contribution >= 4 is 6.09 Å². The van der Waals surface area contributed by atoms with Gasteiger partial charge in [0.1, 0.15) is 0 Å². The number of benzene rings is 2. The number of hydrogen-bond donors (Lipinski definition) is 2. The van der Waals surface area contributed by atoms with Crippen LogP contribution < -0.4 is 5.32 Å². The third-order valence-electron chi connectivity index (χ3n) is 4.56. The highest BCUT2D eigenvalue weighted by Crippen LogP contribution is 2.43. The molecule has 3 heteroatoms. The molecule has 116 valence electrons. The Bertz CT molecular complexity index is 591. The maximum atomic E-state index is 11.4. The van der Waals surface area contributed by atoms with E-state index >= 15 is 0 Å². The molecule has 0 fully saturated rings. The Morgan fingerprint density at radius 3 is 1.95 bits per heavy atom. The maximum Gasteiger partial charge on any atom is 0.405 e. The van der Waals surface area contributed by atoms with Gasteiger partial charge < -0.3 is 10.4 Å². The van der Waals surface area contributed by atoms with Crippen molar-refractivity contribution in [2.75, 3.05) is 0 Å². The molecule has 0 aliphatic carbocycles. The highest BCUT2D eigenvalue weighted by atomic mass is 16.4. The van der Waals surface area contributed by atoms with E-state index in [2.05, 4.69) is 31.3 Å². The van der Waals surface area contributed by atoms with Crippen LogP contribution in [0.15, 0.2) is 60.7 Å². The predicted octanol–water partition coefficient (Wildman–Crippen LogP) is 4.75. The number of carboxylic acid groups (broad SMARTS) is 1. The molecule has 1 amide bonds. The van der Waals surface area contributed by atoms with Gasteiger partial charge >= 0.3 is 6.09 Å². The van der Waals surface area contributed by atoms with Crippen molar-refractivity contribution in [1.29, 1.82) is 0 Å². The van der Waals surface area contributed by atoms with Crippen LogP contribution in [-0.2, 0) is 5.41 Å². The van der Waals surface area contributed by atoms with E-state index in [-0.39, 0.29) is 11.5 Å². The lowest BCUT2D eigenvalue weighted by atomic mass is 9.68. The number of amides is 1. The lowest BCUT2D eigenvalue weighted by Gasteiger charge is -2.40. The second-order valence-electron chi connectivity index (χ2n) is 5.52. The van der Waals surface area contributed by atoms with Gasteiger partial charge in [-0.2, -0.15) is 0 Å². The van der Waals surface area contributed by atoms with Crippen molar-refractivity contribution in [3.8, 4) is 0 Å². The summed E-state index contributed by atoms with van der Waals surface area (Å²) in [6.45, 7) is 4.24. The summed E-state index contributed by atoms with van der Waals surface area (Å²) in [6.07, 6.45) is 0.719. The number of hydrogen-bond acceptors (Lipinski definition) is 1. The molecular formula is C19H23NO2. The van der Waals surface area contributed by atoms with Gasteiger partial charge in [0.25, 0.3) is 0 Å². The molecule has 2 aromatic carbocycles. The average Bonchev–Trinajstić information content (AvgIpc) is 2.57. The average molecular weight is 297 g/mol. The predicted molar refractivity (Wildman–Crippen MR) is 89.0 cm³/mol. The molecule has 0 unspecified atom stereocenters.